The number of thiophene rings is 1. The van der Waals surface area contributed by atoms with E-state index in [9.17, 15) is 9.59 Å². The maximum absolute atomic E-state index is 11.6. The standard InChI is InChI=1S/C14H22N2O3S/c1-2-19-10-5-9-15-13(17)7-3-8-16-14(18)12-6-4-11-20-12/h4,6,11H,2-3,5,7-10H2,1H3,(H,15,17)(H,16,18). The van der Waals surface area contributed by atoms with E-state index < -0.39 is 0 Å². The van der Waals surface area contributed by atoms with E-state index in [2.05, 4.69) is 10.6 Å². The summed E-state index contributed by atoms with van der Waals surface area (Å²) in [5, 5.41) is 7.49. The van der Waals surface area contributed by atoms with Gasteiger partial charge in [0, 0.05) is 32.7 Å². The molecule has 112 valence electrons. The maximum atomic E-state index is 11.6. The molecular formula is C14H22N2O3S. The lowest BCUT2D eigenvalue weighted by molar-refractivity contribution is -0.121. The molecule has 0 saturated heterocycles. The second-order valence-corrected chi connectivity index (χ2v) is 5.18. The first-order valence-corrected chi connectivity index (χ1v) is 7.78. The molecule has 0 bridgehead atoms. The Labute approximate surface area is 123 Å². The molecule has 0 radical (unpaired) electrons. The first kappa shape index (κ1) is 16.7. The van der Waals surface area contributed by atoms with Gasteiger partial charge in [-0.15, -0.1) is 11.3 Å². The van der Waals surface area contributed by atoms with E-state index in [1.165, 1.54) is 11.3 Å². The summed E-state index contributed by atoms with van der Waals surface area (Å²) in [4.78, 5) is 23.8. The highest BCUT2D eigenvalue weighted by Crippen LogP contribution is 2.07. The van der Waals surface area contributed by atoms with Crippen LogP contribution in [-0.4, -0.2) is 38.1 Å². The topological polar surface area (TPSA) is 67.4 Å². The third-order valence-electron chi connectivity index (χ3n) is 2.60. The molecule has 0 atom stereocenters. The summed E-state index contributed by atoms with van der Waals surface area (Å²) in [7, 11) is 0. The van der Waals surface area contributed by atoms with Crippen LogP contribution in [0.1, 0.15) is 35.9 Å². The van der Waals surface area contributed by atoms with E-state index in [-0.39, 0.29) is 11.8 Å². The van der Waals surface area contributed by atoms with Gasteiger partial charge in [-0.2, -0.15) is 0 Å². The van der Waals surface area contributed by atoms with Gasteiger partial charge in [0.05, 0.1) is 4.88 Å². The summed E-state index contributed by atoms with van der Waals surface area (Å²) in [6, 6.07) is 3.63. The van der Waals surface area contributed by atoms with Gasteiger partial charge in [-0.1, -0.05) is 6.07 Å². The number of hydrogen-bond donors (Lipinski definition) is 2. The lowest BCUT2D eigenvalue weighted by atomic mass is 10.3. The summed E-state index contributed by atoms with van der Waals surface area (Å²) in [5.74, 6) is -0.0519. The van der Waals surface area contributed by atoms with E-state index in [0.29, 0.717) is 44.0 Å². The van der Waals surface area contributed by atoms with Crippen molar-refractivity contribution in [2.45, 2.75) is 26.2 Å². The molecule has 0 unspecified atom stereocenters. The molecule has 2 N–H and O–H groups in total. The van der Waals surface area contributed by atoms with Crippen LogP contribution >= 0.6 is 11.3 Å². The Morgan fingerprint density at radius 2 is 2.05 bits per heavy atom. The van der Waals surface area contributed by atoms with E-state index in [4.69, 9.17) is 4.74 Å². The van der Waals surface area contributed by atoms with Crippen molar-refractivity contribution in [2.75, 3.05) is 26.3 Å². The highest BCUT2D eigenvalue weighted by Gasteiger charge is 2.05. The molecule has 1 heterocycles. The van der Waals surface area contributed by atoms with Crippen LogP contribution in [0.2, 0.25) is 0 Å². The Kier molecular flexibility index (Phi) is 8.66. The van der Waals surface area contributed by atoms with Crippen molar-refractivity contribution in [1.29, 1.82) is 0 Å². The molecule has 0 spiro atoms. The van der Waals surface area contributed by atoms with Crippen molar-refractivity contribution in [3.8, 4) is 0 Å². The summed E-state index contributed by atoms with van der Waals surface area (Å²) in [6.45, 7) is 4.48. The lowest BCUT2D eigenvalue weighted by Gasteiger charge is -2.06. The smallest absolute Gasteiger partial charge is 0.261 e. The molecule has 1 rings (SSSR count). The van der Waals surface area contributed by atoms with Gasteiger partial charge in [0.25, 0.3) is 5.91 Å². The van der Waals surface area contributed by atoms with Gasteiger partial charge in [-0.3, -0.25) is 9.59 Å². The third-order valence-corrected chi connectivity index (χ3v) is 3.47. The molecule has 0 fully saturated rings. The number of carbonyl (C=O) groups excluding carboxylic acids is 2. The average Bonchev–Trinajstić information content (AvgIpc) is 2.97. The zero-order valence-corrected chi connectivity index (χ0v) is 12.6. The van der Waals surface area contributed by atoms with Crippen LogP contribution in [0.4, 0.5) is 0 Å². The second-order valence-electron chi connectivity index (χ2n) is 4.24. The summed E-state index contributed by atoms with van der Waals surface area (Å²) < 4.78 is 5.18. The fourth-order valence-corrected chi connectivity index (χ4v) is 2.22. The van der Waals surface area contributed by atoms with E-state index in [1.807, 2.05) is 18.4 Å². The Hall–Kier alpha value is -1.40. The molecule has 0 aliphatic carbocycles. The largest absolute Gasteiger partial charge is 0.382 e. The maximum Gasteiger partial charge on any atom is 0.261 e. The van der Waals surface area contributed by atoms with Gasteiger partial charge in [-0.05, 0) is 31.2 Å². The van der Waals surface area contributed by atoms with Crippen LogP contribution in [0.5, 0.6) is 0 Å². The molecular weight excluding hydrogens is 276 g/mol. The fraction of sp³-hybridized carbons (Fsp3) is 0.571. The minimum Gasteiger partial charge on any atom is -0.382 e. The number of rotatable bonds is 10. The summed E-state index contributed by atoms with van der Waals surface area (Å²) in [6.07, 6.45) is 1.91. The molecule has 0 saturated carbocycles. The molecule has 2 amide bonds. The Morgan fingerprint density at radius 1 is 1.25 bits per heavy atom. The predicted molar refractivity (Wildman–Crippen MR) is 80.0 cm³/mol. The number of amides is 2. The molecule has 20 heavy (non-hydrogen) atoms. The molecule has 0 aromatic carbocycles. The fourth-order valence-electron chi connectivity index (χ4n) is 1.58. The van der Waals surface area contributed by atoms with E-state index >= 15 is 0 Å². The van der Waals surface area contributed by atoms with Crippen LogP contribution in [0, 0.1) is 0 Å². The van der Waals surface area contributed by atoms with Crippen LogP contribution in [-0.2, 0) is 9.53 Å². The number of carbonyl (C=O) groups is 2. The first-order valence-electron chi connectivity index (χ1n) is 6.90. The number of nitrogens with one attached hydrogen (secondary N) is 2. The Bertz CT molecular complexity index is 393. The zero-order valence-electron chi connectivity index (χ0n) is 11.8. The molecule has 0 aliphatic heterocycles. The third kappa shape index (κ3) is 7.25. The van der Waals surface area contributed by atoms with Gasteiger partial charge in [0.2, 0.25) is 5.91 Å². The van der Waals surface area contributed by atoms with Crippen molar-refractivity contribution in [1.82, 2.24) is 10.6 Å². The highest BCUT2D eigenvalue weighted by atomic mass is 32.1. The van der Waals surface area contributed by atoms with Crippen molar-refractivity contribution in [3.05, 3.63) is 22.4 Å². The van der Waals surface area contributed by atoms with Crippen molar-refractivity contribution >= 4 is 23.2 Å². The predicted octanol–water partition coefficient (Wildman–Crippen LogP) is 1.80. The highest BCUT2D eigenvalue weighted by molar-refractivity contribution is 7.12. The van der Waals surface area contributed by atoms with Gasteiger partial charge in [-0.25, -0.2) is 0 Å². The molecule has 0 aliphatic rings. The quantitative estimate of drug-likeness (QED) is 0.647. The Morgan fingerprint density at radius 3 is 2.75 bits per heavy atom. The SMILES string of the molecule is CCOCCCNC(=O)CCCNC(=O)c1cccs1. The van der Waals surface area contributed by atoms with Crippen molar-refractivity contribution in [3.63, 3.8) is 0 Å². The van der Waals surface area contributed by atoms with Gasteiger partial charge < -0.3 is 15.4 Å². The Balaban J connectivity index is 1.98. The lowest BCUT2D eigenvalue weighted by Crippen LogP contribution is -2.28. The minimum absolute atomic E-state index is 0.0203. The zero-order chi connectivity index (χ0) is 14.6. The van der Waals surface area contributed by atoms with Crippen LogP contribution in [0.25, 0.3) is 0 Å². The molecule has 6 heteroatoms. The normalized spacial score (nSPS) is 10.2. The molecule has 5 nitrogen and oxygen atoms in total. The van der Waals surface area contributed by atoms with Crippen LogP contribution < -0.4 is 10.6 Å². The van der Waals surface area contributed by atoms with E-state index in [1.54, 1.807) is 6.07 Å². The molecule has 1 aromatic rings. The van der Waals surface area contributed by atoms with Crippen molar-refractivity contribution < 1.29 is 14.3 Å². The average molecular weight is 298 g/mol. The van der Waals surface area contributed by atoms with Gasteiger partial charge >= 0.3 is 0 Å². The first-order chi connectivity index (χ1) is 9.74. The van der Waals surface area contributed by atoms with Crippen molar-refractivity contribution in [2.24, 2.45) is 0 Å². The minimum atomic E-state index is -0.0721. The number of hydrogen-bond acceptors (Lipinski definition) is 4. The summed E-state index contributed by atoms with van der Waals surface area (Å²) in [5.41, 5.74) is 0. The van der Waals surface area contributed by atoms with Crippen LogP contribution in [0.3, 0.4) is 0 Å². The number of ether oxygens (including phenoxy) is 1. The van der Waals surface area contributed by atoms with E-state index in [0.717, 1.165) is 6.42 Å². The van der Waals surface area contributed by atoms with Gasteiger partial charge in [0.1, 0.15) is 0 Å². The monoisotopic (exact) mass is 298 g/mol. The van der Waals surface area contributed by atoms with Crippen LogP contribution in [0.15, 0.2) is 17.5 Å². The van der Waals surface area contributed by atoms with Gasteiger partial charge in [0.15, 0.2) is 0 Å². The molecule has 1 aromatic heterocycles. The summed E-state index contributed by atoms with van der Waals surface area (Å²) >= 11 is 1.41. The second kappa shape index (κ2) is 10.4.